The van der Waals surface area contributed by atoms with Gasteiger partial charge >= 0.3 is 0 Å². The van der Waals surface area contributed by atoms with E-state index in [-0.39, 0.29) is 10.8 Å². The molecule has 0 aliphatic carbocycles. The minimum Gasteiger partial charge on any atom is -0.309 e. The van der Waals surface area contributed by atoms with Crippen LogP contribution in [0.2, 0.25) is 0 Å². The number of hydrogen-bond acceptors (Lipinski definition) is 0. The van der Waals surface area contributed by atoms with Gasteiger partial charge in [-0.05, 0) is 87.7 Å². The number of rotatable bonds is 3. The van der Waals surface area contributed by atoms with E-state index in [4.69, 9.17) is 0 Å². The van der Waals surface area contributed by atoms with Crippen molar-refractivity contribution in [2.75, 3.05) is 0 Å². The zero-order valence-electron chi connectivity index (χ0n) is 27.6. The Morgan fingerprint density at radius 1 is 0.348 bits per heavy atom. The Balaban J connectivity index is 1.32. The van der Waals surface area contributed by atoms with Crippen LogP contribution in [0.15, 0.2) is 133 Å². The topological polar surface area (TPSA) is 9.86 Å². The maximum atomic E-state index is 2.44. The van der Waals surface area contributed by atoms with Crippen molar-refractivity contribution in [1.82, 2.24) is 9.13 Å². The fourth-order valence-electron chi connectivity index (χ4n) is 7.08. The van der Waals surface area contributed by atoms with E-state index in [0.29, 0.717) is 0 Å². The Morgan fingerprint density at radius 2 is 0.870 bits per heavy atom. The second kappa shape index (κ2) is 10.2. The molecule has 0 aliphatic rings. The summed E-state index contributed by atoms with van der Waals surface area (Å²) in [5, 5.41) is 5.14. The first-order chi connectivity index (χ1) is 22.1. The molecule has 0 amide bonds. The molecule has 0 fully saturated rings. The summed E-state index contributed by atoms with van der Waals surface area (Å²) in [5.41, 5.74) is 12.6. The summed E-state index contributed by atoms with van der Waals surface area (Å²) in [4.78, 5) is 0. The molecule has 0 unspecified atom stereocenters. The molecule has 0 saturated heterocycles. The number of para-hydroxylation sites is 2. The average Bonchev–Trinajstić information content (AvgIpc) is 3.56. The lowest BCUT2D eigenvalue weighted by atomic mass is 9.86. The first-order valence-corrected chi connectivity index (χ1v) is 16.4. The van der Waals surface area contributed by atoms with E-state index in [1.165, 1.54) is 77.2 Å². The highest BCUT2D eigenvalue weighted by atomic mass is 15.0. The van der Waals surface area contributed by atoms with Gasteiger partial charge in [0, 0.05) is 32.9 Å². The molecule has 2 aromatic heterocycles. The van der Waals surface area contributed by atoms with Crippen molar-refractivity contribution in [1.29, 1.82) is 0 Å². The molecular formula is C44H40N2. The van der Waals surface area contributed by atoms with Gasteiger partial charge in [-0.15, -0.1) is 0 Å². The lowest BCUT2D eigenvalue weighted by molar-refractivity contribution is 0.590. The summed E-state index contributed by atoms with van der Waals surface area (Å²) in [6, 6.07) is 49.6. The smallest absolute Gasteiger partial charge is 0.0547 e. The number of hydrogen-bond donors (Lipinski definition) is 0. The van der Waals surface area contributed by atoms with Crippen molar-refractivity contribution in [2.24, 2.45) is 0 Å². The normalized spacial score (nSPS) is 12.6. The minimum atomic E-state index is 0.0709. The molecule has 2 heteroatoms. The Labute approximate surface area is 271 Å². The Hall–Kier alpha value is -5.08. The second-order valence-corrected chi connectivity index (χ2v) is 14.8. The van der Waals surface area contributed by atoms with E-state index in [1.807, 2.05) is 0 Å². The van der Waals surface area contributed by atoms with Crippen molar-refractivity contribution < 1.29 is 0 Å². The van der Waals surface area contributed by atoms with Gasteiger partial charge in [0.2, 0.25) is 0 Å². The molecule has 0 spiro atoms. The Kier molecular flexibility index (Phi) is 6.31. The molecule has 8 aromatic rings. The first-order valence-electron chi connectivity index (χ1n) is 16.4. The summed E-state index contributed by atoms with van der Waals surface area (Å²) in [6.45, 7) is 13.7. The van der Waals surface area contributed by atoms with Crippen molar-refractivity contribution in [3.8, 4) is 22.5 Å². The van der Waals surface area contributed by atoms with E-state index < -0.39 is 0 Å². The van der Waals surface area contributed by atoms with Gasteiger partial charge in [0.1, 0.15) is 0 Å². The lowest BCUT2D eigenvalue weighted by Gasteiger charge is -2.20. The van der Waals surface area contributed by atoms with Crippen LogP contribution in [0.1, 0.15) is 52.7 Å². The monoisotopic (exact) mass is 596 g/mol. The number of fused-ring (bicyclic) bond motifs is 6. The van der Waals surface area contributed by atoms with Crippen LogP contribution in [-0.2, 0) is 10.8 Å². The quantitative estimate of drug-likeness (QED) is 0.192. The fourth-order valence-corrected chi connectivity index (χ4v) is 7.08. The van der Waals surface area contributed by atoms with Gasteiger partial charge in [-0.3, -0.25) is 0 Å². The second-order valence-electron chi connectivity index (χ2n) is 14.8. The molecule has 2 heterocycles. The summed E-state index contributed by atoms with van der Waals surface area (Å²) < 4.78 is 4.86. The van der Waals surface area contributed by atoms with Crippen LogP contribution in [0.5, 0.6) is 0 Å². The van der Waals surface area contributed by atoms with Gasteiger partial charge in [-0.1, -0.05) is 120 Å². The van der Waals surface area contributed by atoms with Crippen LogP contribution in [0.4, 0.5) is 0 Å². The number of benzene rings is 6. The number of nitrogens with zero attached hydrogens (tertiary/aromatic N) is 2. The fraction of sp³-hybridized carbons (Fsp3) is 0.182. The zero-order valence-corrected chi connectivity index (χ0v) is 27.6. The third-order valence-electron chi connectivity index (χ3n) is 9.62. The molecule has 0 radical (unpaired) electrons. The number of aromatic nitrogens is 2. The molecule has 8 rings (SSSR count). The highest BCUT2D eigenvalue weighted by Gasteiger charge is 2.20. The van der Waals surface area contributed by atoms with Gasteiger partial charge in [-0.2, -0.15) is 0 Å². The molecular weight excluding hydrogens is 556 g/mol. The van der Waals surface area contributed by atoms with Crippen LogP contribution in [0.3, 0.4) is 0 Å². The van der Waals surface area contributed by atoms with Crippen LogP contribution in [0.25, 0.3) is 66.1 Å². The summed E-state index contributed by atoms with van der Waals surface area (Å²) >= 11 is 0. The Morgan fingerprint density at radius 3 is 1.57 bits per heavy atom. The van der Waals surface area contributed by atoms with Crippen molar-refractivity contribution in [3.63, 3.8) is 0 Å². The van der Waals surface area contributed by atoms with Gasteiger partial charge in [0.15, 0.2) is 0 Å². The van der Waals surface area contributed by atoms with Crippen molar-refractivity contribution in [3.05, 3.63) is 145 Å². The first kappa shape index (κ1) is 28.4. The highest BCUT2D eigenvalue weighted by Crippen LogP contribution is 2.38. The van der Waals surface area contributed by atoms with Gasteiger partial charge < -0.3 is 9.13 Å². The predicted molar refractivity (Wildman–Crippen MR) is 198 cm³/mol. The molecule has 0 atom stereocenters. The lowest BCUT2D eigenvalue weighted by Crippen LogP contribution is -2.11. The SMILES string of the molecule is CC(C)(C)c1cccc(-n2c3ccccc3c3ccc(-c4cccc(-n5c6ccccc6c6cc(C(C)(C)C)ccc65)c4)cc32)c1. The highest BCUT2D eigenvalue weighted by molar-refractivity contribution is 6.11. The molecule has 0 N–H and O–H groups in total. The average molecular weight is 597 g/mol. The largest absolute Gasteiger partial charge is 0.309 e. The molecule has 46 heavy (non-hydrogen) atoms. The van der Waals surface area contributed by atoms with E-state index >= 15 is 0 Å². The summed E-state index contributed by atoms with van der Waals surface area (Å²) in [5.74, 6) is 0. The minimum absolute atomic E-state index is 0.0709. The van der Waals surface area contributed by atoms with E-state index in [1.54, 1.807) is 0 Å². The maximum absolute atomic E-state index is 2.44. The molecule has 0 saturated carbocycles. The summed E-state index contributed by atoms with van der Waals surface area (Å²) in [6.07, 6.45) is 0. The van der Waals surface area contributed by atoms with E-state index in [9.17, 15) is 0 Å². The van der Waals surface area contributed by atoms with Gasteiger partial charge in [-0.25, -0.2) is 0 Å². The third-order valence-corrected chi connectivity index (χ3v) is 9.62. The predicted octanol–water partition coefficient (Wildman–Crippen LogP) is 12.1. The van der Waals surface area contributed by atoms with Crippen LogP contribution < -0.4 is 0 Å². The molecule has 2 nitrogen and oxygen atoms in total. The van der Waals surface area contributed by atoms with Crippen LogP contribution in [-0.4, -0.2) is 9.13 Å². The summed E-state index contributed by atoms with van der Waals surface area (Å²) in [7, 11) is 0. The van der Waals surface area contributed by atoms with E-state index in [0.717, 1.165) is 0 Å². The molecule has 6 aromatic carbocycles. The standard InChI is InChI=1S/C44H40N2/c1-43(2,3)31-14-12-16-34(27-31)46-39-19-9-7-17-35(39)37-23-21-30(26-42(37)46)29-13-11-15-33(25-29)45-40-20-10-8-18-36(40)38-28-32(44(4,5)6)22-24-41(38)45/h7-28H,1-6H3. The van der Waals surface area contributed by atoms with Gasteiger partial charge in [0.05, 0.1) is 22.1 Å². The third kappa shape index (κ3) is 4.55. The van der Waals surface area contributed by atoms with Gasteiger partial charge in [0.25, 0.3) is 0 Å². The van der Waals surface area contributed by atoms with Crippen molar-refractivity contribution >= 4 is 43.6 Å². The molecule has 0 bridgehead atoms. The van der Waals surface area contributed by atoms with Crippen molar-refractivity contribution in [2.45, 2.75) is 52.4 Å². The Bertz CT molecular complexity index is 2440. The van der Waals surface area contributed by atoms with E-state index in [2.05, 4.69) is 184 Å². The zero-order chi connectivity index (χ0) is 31.8. The van der Waals surface area contributed by atoms with Crippen LogP contribution >= 0.6 is 0 Å². The van der Waals surface area contributed by atoms with Crippen LogP contribution in [0, 0.1) is 0 Å². The molecule has 226 valence electrons. The maximum Gasteiger partial charge on any atom is 0.0547 e. The molecule has 0 aliphatic heterocycles.